The van der Waals surface area contributed by atoms with E-state index in [1.807, 2.05) is 13.3 Å². The molecule has 3 aliphatic rings. The summed E-state index contributed by atoms with van der Waals surface area (Å²) in [6.45, 7) is 8.51. The van der Waals surface area contributed by atoms with Crippen molar-refractivity contribution in [2.45, 2.75) is 71.3 Å². The van der Waals surface area contributed by atoms with Crippen LogP contribution in [0.25, 0.3) is 0 Å². The maximum absolute atomic E-state index is 12.0. The van der Waals surface area contributed by atoms with Crippen molar-refractivity contribution in [2.75, 3.05) is 13.1 Å². The van der Waals surface area contributed by atoms with Crippen LogP contribution in [0.4, 0.5) is 4.79 Å². The molecule has 1 heterocycles. The van der Waals surface area contributed by atoms with Crippen LogP contribution < -0.4 is 10.7 Å². The Morgan fingerprint density at radius 1 is 1.17 bits per heavy atom. The van der Waals surface area contributed by atoms with Gasteiger partial charge >= 0.3 is 6.03 Å². The monoisotopic (exact) mass is 568 g/mol. The van der Waals surface area contributed by atoms with Gasteiger partial charge in [0.2, 0.25) is 0 Å². The second-order valence-corrected chi connectivity index (χ2v) is 8.07. The van der Waals surface area contributed by atoms with E-state index in [-0.39, 0.29) is 89.2 Å². The van der Waals surface area contributed by atoms with Gasteiger partial charge in [0.15, 0.2) is 0 Å². The molecule has 0 bridgehead atoms. The number of Topliss-reactive ketones (excluding diaryl/α,β-unsaturated/α-hetero) is 1. The van der Waals surface area contributed by atoms with Crippen LogP contribution in [0.1, 0.15) is 65.2 Å². The summed E-state index contributed by atoms with van der Waals surface area (Å²) in [5.41, 5.74) is 3.45. The van der Waals surface area contributed by atoms with Crippen molar-refractivity contribution < 1.29 is 79.8 Å². The van der Waals surface area contributed by atoms with Gasteiger partial charge in [0.05, 0.1) is 5.71 Å². The van der Waals surface area contributed by atoms with Crippen molar-refractivity contribution in [1.29, 1.82) is 0 Å². The molecule has 2 N–H and O–H groups in total. The van der Waals surface area contributed by atoms with Gasteiger partial charge in [-0.3, -0.25) is 4.79 Å². The molecule has 2 atom stereocenters. The molecule has 7 nitrogen and oxygen atoms in total. The van der Waals surface area contributed by atoms with Gasteiger partial charge in [-0.25, -0.2) is 10.2 Å². The topological polar surface area (TPSA) is 90.9 Å². The van der Waals surface area contributed by atoms with Crippen LogP contribution in [0.15, 0.2) is 5.10 Å². The number of ketones is 1. The molecule has 9 heteroatoms. The summed E-state index contributed by atoms with van der Waals surface area (Å²) in [4.78, 5) is 36.0. The average molecular weight is 568 g/mol. The second-order valence-electron chi connectivity index (χ2n) is 8.07. The number of hydrogen-bond acceptors (Lipinski definition) is 4. The van der Waals surface area contributed by atoms with Crippen LogP contribution in [0.5, 0.6) is 0 Å². The zero-order valence-corrected chi connectivity index (χ0v) is 24.0. The zero-order chi connectivity index (χ0) is 20.5. The van der Waals surface area contributed by atoms with E-state index in [1.54, 1.807) is 11.8 Å². The molecular formula is C21H34N4O3Y2-2. The molecule has 0 aromatic carbocycles. The molecule has 2 saturated carbocycles. The van der Waals surface area contributed by atoms with Gasteiger partial charge in [-0.2, -0.15) is 17.9 Å². The first-order chi connectivity index (χ1) is 13.5. The fourth-order valence-electron chi connectivity index (χ4n) is 4.49. The van der Waals surface area contributed by atoms with Crippen molar-refractivity contribution in [3.05, 3.63) is 6.92 Å². The van der Waals surface area contributed by atoms with Crippen molar-refractivity contribution >= 4 is 23.9 Å². The molecule has 1 saturated heterocycles. The fraction of sp³-hybridized carbons (Fsp3) is 0.762. The van der Waals surface area contributed by atoms with E-state index in [0.717, 1.165) is 63.6 Å². The van der Waals surface area contributed by atoms with Crippen molar-refractivity contribution in [2.24, 2.45) is 22.9 Å². The number of carbonyl (C=O) groups is 2. The van der Waals surface area contributed by atoms with E-state index < -0.39 is 0 Å². The van der Waals surface area contributed by atoms with E-state index in [1.165, 1.54) is 0 Å². The Labute approximate surface area is 231 Å². The second kappa shape index (κ2) is 16.0. The van der Waals surface area contributed by atoms with Crippen LogP contribution in [0.3, 0.4) is 0 Å². The van der Waals surface area contributed by atoms with Crippen LogP contribution >= 0.6 is 0 Å². The van der Waals surface area contributed by atoms with Gasteiger partial charge in [-0.1, -0.05) is 6.92 Å². The third kappa shape index (κ3) is 9.03. The molecule has 2 radical (unpaired) electrons. The summed E-state index contributed by atoms with van der Waals surface area (Å²) < 4.78 is 0. The Bertz CT molecular complexity index is 581. The normalized spacial score (nSPS) is 28.2. The molecule has 0 aromatic rings. The van der Waals surface area contributed by atoms with Gasteiger partial charge in [-0.15, -0.1) is 0 Å². The molecule has 1 aliphatic heterocycles. The summed E-state index contributed by atoms with van der Waals surface area (Å²) >= 11 is 0. The zero-order valence-electron chi connectivity index (χ0n) is 18.4. The first-order valence-corrected chi connectivity index (χ1v) is 10.5. The Hall–Kier alpha value is 0.288. The molecule has 164 valence electrons. The van der Waals surface area contributed by atoms with E-state index in [9.17, 15) is 14.4 Å². The number of likely N-dealkylation sites (tertiary alicyclic amines) is 1. The van der Waals surface area contributed by atoms with Crippen LogP contribution in [-0.4, -0.2) is 48.0 Å². The molecule has 2 aliphatic carbocycles. The van der Waals surface area contributed by atoms with E-state index in [0.29, 0.717) is 18.4 Å². The Balaban J connectivity index is 0.00000159. The number of amides is 3. The summed E-state index contributed by atoms with van der Waals surface area (Å²) in [5, 5.41) is 7.12. The molecule has 0 aromatic heterocycles. The minimum Gasteiger partial charge on any atom is -0.520 e. The summed E-state index contributed by atoms with van der Waals surface area (Å²) in [5.74, 6) is 1.38. The maximum atomic E-state index is 12.0. The third-order valence-electron chi connectivity index (χ3n) is 6.03. The van der Waals surface area contributed by atoms with E-state index >= 15 is 0 Å². The Morgan fingerprint density at radius 3 is 2.37 bits per heavy atom. The predicted octanol–water partition coefficient (Wildman–Crippen LogP) is 2.81. The van der Waals surface area contributed by atoms with Gasteiger partial charge in [-0.05, 0) is 70.3 Å². The molecule has 3 fully saturated rings. The van der Waals surface area contributed by atoms with Crippen molar-refractivity contribution in [1.82, 2.24) is 15.6 Å². The van der Waals surface area contributed by atoms with Gasteiger partial charge in [0, 0.05) is 83.9 Å². The van der Waals surface area contributed by atoms with Gasteiger partial charge in [0.25, 0.3) is 0 Å². The summed E-state index contributed by atoms with van der Waals surface area (Å²) in [6, 6.07) is -0.288. The molecule has 2 unspecified atom stereocenters. The Morgan fingerprint density at radius 2 is 1.80 bits per heavy atom. The number of hydrazone groups is 1. The number of nitrogens with one attached hydrogen (secondary N) is 2. The van der Waals surface area contributed by atoms with E-state index in [2.05, 4.69) is 22.8 Å². The number of rotatable bonds is 5. The number of fused-ring (bicyclic) bond motifs is 1. The Kier molecular flexibility index (Phi) is 16.1. The van der Waals surface area contributed by atoms with Crippen LogP contribution in [-0.2, 0) is 75.0 Å². The summed E-state index contributed by atoms with van der Waals surface area (Å²) in [7, 11) is 0. The van der Waals surface area contributed by atoms with Crippen LogP contribution in [0.2, 0.25) is 0 Å². The van der Waals surface area contributed by atoms with E-state index in [4.69, 9.17) is 0 Å². The molecule has 30 heavy (non-hydrogen) atoms. The van der Waals surface area contributed by atoms with Gasteiger partial charge < -0.3 is 21.9 Å². The third-order valence-corrected chi connectivity index (χ3v) is 6.03. The average Bonchev–Trinajstić information content (AvgIpc) is 3.27. The van der Waals surface area contributed by atoms with Gasteiger partial charge in [0.1, 0.15) is 5.78 Å². The first-order valence-electron chi connectivity index (χ1n) is 10.5. The SMILES string of the molecule is CC(=O)C1CCC(CNC(=O)N/N=C2\CCC3CCN([C-]=O)C23)CC1.[CH2-]CC.[Y].[Y]. The predicted molar refractivity (Wildman–Crippen MR) is 109 cm³/mol. The number of urea groups is 1. The molecular weight excluding hydrogens is 534 g/mol. The largest absolute Gasteiger partial charge is 0.520 e. The number of nitrogens with zero attached hydrogens (tertiary/aromatic N) is 2. The van der Waals surface area contributed by atoms with Crippen molar-refractivity contribution in [3.8, 4) is 0 Å². The number of hydrogen-bond donors (Lipinski definition) is 2. The minimum absolute atomic E-state index is 0. The molecule has 3 amide bonds. The summed E-state index contributed by atoms with van der Waals surface area (Å²) in [6.07, 6.45) is 9.62. The van der Waals surface area contributed by atoms with Crippen LogP contribution in [0, 0.1) is 24.7 Å². The minimum atomic E-state index is -0.302. The molecule has 0 spiro atoms. The first kappa shape index (κ1) is 30.3. The maximum Gasteiger partial charge on any atom is 0.335 e. The standard InChI is InChI=1S/C18H27N4O3.C3H7.2Y/c1-12(24)14-4-2-13(3-5-14)10-19-18(25)21-20-16-7-6-15-8-9-22(11-23)17(15)16;1-3-2;;/h13-15,17H,2-10H2,1H3,(H2,19,21,25);1,3H2,2H3;;/q2*-1;;/b20-16+;;;. The molecule has 3 rings (SSSR count). The van der Waals surface area contributed by atoms with Crippen molar-refractivity contribution in [3.63, 3.8) is 0 Å². The smallest absolute Gasteiger partial charge is 0.335 e. The fourth-order valence-corrected chi connectivity index (χ4v) is 4.49. The quantitative estimate of drug-likeness (QED) is 0.395. The number of carbonyl (C=O) groups excluding carboxylic acids is 3.